The van der Waals surface area contributed by atoms with Crippen LogP contribution in [0.5, 0.6) is 0 Å². The van der Waals surface area contributed by atoms with Crippen LogP contribution in [0, 0.1) is 6.92 Å². The molecule has 0 unspecified atom stereocenters. The van der Waals surface area contributed by atoms with Crippen LogP contribution in [0.1, 0.15) is 43.6 Å². The molecule has 1 fully saturated rings. The number of hydrogen-bond donors (Lipinski definition) is 1. The number of nitrogens with zero attached hydrogens (tertiary/aromatic N) is 2. The third-order valence-corrected chi connectivity index (χ3v) is 3.52. The van der Waals surface area contributed by atoms with E-state index in [-0.39, 0.29) is 12.3 Å². The summed E-state index contributed by atoms with van der Waals surface area (Å²) in [6.45, 7) is 2.24. The first-order valence-corrected chi connectivity index (χ1v) is 6.37. The van der Waals surface area contributed by atoms with Gasteiger partial charge in [-0.05, 0) is 19.8 Å². The Bertz CT molecular complexity index is 422. The highest BCUT2D eigenvalue weighted by molar-refractivity contribution is 5.77. The summed E-state index contributed by atoms with van der Waals surface area (Å²) in [7, 11) is 1.73. The molecule has 0 saturated heterocycles. The first kappa shape index (κ1) is 13.1. The molecular formula is C13H20N2O3. The zero-order valence-corrected chi connectivity index (χ0v) is 11.0. The first-order chi connectivity index (χ1) is 8.48. The number of aryl methyl sites for hydroxylation is 1. The number of rotatable bonds is 4. The monoisotopic (exact) mass is 252 g/mol. The Balaban J connectivity index is 1.88. The Morgan fingerprint density at radius 2 is 2.22 bits per heavy atom. The lowest BCUT2D eigenvalue weighted by Crippen LogP contribution is -2.35. The number of hydrogen-bond acceptors (Lipinski definition) is 4. The van der Waals surface area contributed by atoms with Gasteiger partial charge in [0.15, 0.2) is 0 Å². The van der Waals surface area contributed by atoms with Crippen molar-refractivity contribution in [1.82, 2.24) is 10.1 Å². The normalized spacial score (nSPS) is 17.9. The van der Waals surface area contributed by atoms with E-state index in [2.05, 4.69) is 5.16 Å². The van der Waals surface area contributed by atoms with Crippen LogP contribution in [-0.4, -0.2) is 33.7 Å². The molecule has 0 aromatic carbocycles. The van der Waals surface area contributed by atoms with E-state index in [0.717, 1.165) is 37.1 Å². The van der Waals surface area contributed by atoms with Gasteiger partial charge in [-0.3, -0.25) is 4.79 Å². The largest absolute Gasteiger partial charge is 0.389 e. The molecule has 0 bridgehead atoms. The van der Waals surface area contributed by atoms with Crippen LogP contribution < -0.4 is 0 Å². The van der Waals surface area contributed by atoms with E-state index >= 15 is 0 Å². The summed E-state index contributed by atoms with van der Waals surface area (Å²) in [5, 5.41) is 14.1. The minimum atomic E-state index is -0.787. The average molecular weight is 252 g/mol. The molecule has 1 amide bonds. The molecule has 1 aromatic heterocycles. The number of aliphatic hydroxyl groups is 1. The van der Waals surface area contributed by atoms with Crippen molar-refractivity contribution in [2.75, 3.05) is 7.05 Å². The van der Waals surface area contributed by atoms with Crippen molar-refractivity contribution >= 4 is 5.91 Å². The molecule has 0 atom stereocenters. The predicted octanol–water partition coefficient (Wildman–Crippen LogP) is 1.64. The van der Waals surface area contributed by atoms with Gasteiger partial charge in [-0.2, -0.15) is 0 Å². The first-order valence-electron chi connectivity index (χ1n) is 6.37. The van der Waals surface area contributed by atoms with Crippen molar-refractivity contribution in [1.29, 1.82) is 0 Å². The van der Waals surface area contributed by atoms with Gasteiger partial charge in [0.05, 0.1) is 18.6 Å². The van der Waals surface area contributed by atoms with E-state index in [1.807, 2.05) is 13.0 Å². The van der Waals surface area contributed by atoms with Crippen LogP contribution in [-0.2, 0) is 11.3 Å². The zero-order valence-electron chi connectivity index (χ0n) is 11.0. The second-order valence-electron chi connectivity index (χ2n) is 5.29. The molecule has 0 radical (unpaired) electrons. The third-order valence-electron chi connectivity index (χ3n) is 3.52. The van der Waals surface area contributed by atoms with E-state index in [9.17, 15) is 9.90 Å². The highest BCUT2D eigenvalue weighted by Gasteiger charge is 2.34. The maximum absolute atomic E-state index is 12.0. The summed E-state index contributed by atoms with van der Waals surface area (Å²) in [5.41, 5.74) is -0.0489. The highest BCUT2D eigenvalue weighted by atomic mass is 16.5. The quantitative estimate of drug-likeness (QED) is 0.884. The van der Waals surface area contributed by atoms with Crippen LogP contribution >= 0.6 is 0 Å². The Morgan fingerprint density at radius 1 is 1.56 bits per heavy atom. The molecule has 1 saturated carbocycles. The van der Waals surface area contributed by atoms with Crippen LogP contribution in [0.15, 0.2) is 10.6 Å². The van der Waals surface area contributed by atoms with Crippen molar-refractivity contribution in [3.05, 3.63) is 17.5 Å². The topological polar surface area (TPSA) is 66.6 Å². The van der Waals surface area contributed by atoms with E-state index in [4.69, 9.17) is 4.52 Å². The molecule has 2 rings (SSSR count). The van der Waals surface area contributed by atoms with Crippen molar-refractivity contribution in [3.63, 3.8) is 0 Å². The molecule has 5 heteroatoms. The summed E-state index contributed by atoms with van der Waals surface area (Å²) < 4.78 is 4.96. The molecule has 1 heterocycles. The van der Waals surface area contributed by atoms with Gasteiger partial charge < -0.3 is 14.5 Å². The summed E-state index contributed by atoms with van der Waals surface area (Å²) in [5.74, 6) is 0.695. The molecule has 5 nitrogen and oxygen atoms in total. The number of carbonyl (C=O) groups excluding carboxylic acids is 1. The fourth-order valence-electron chi connectivity index (χ4n) is 2.45. The molecule has 1 aliphatic rings. The van der Waals surface area contributed by atoms with E-state index in [0.29, 0.717) is 6.54 Å². The SMILES string of the molecule is Cc1cc(CN(C)C(=O)CC2(O)CCCC2)no1. The number of aromatic nitrogens is 1. The predicted molar refractivity (Wildman–Crippen MR) is 65.7 cm³/mol. The molecule has 1 aliphatic carbocycles. The minimum Gasteiger partial charge on any atom is -0.389 e. The zero-order chi connectivity index (χ0) is 13.2. The molecule has 18 heavy (non-hydrogen) atoms. The van der Waals surface area contributed by atoms with E-state index in [1.54, 1.807) is 11.9 Å². The second-order valence-corrected chi connectivity index (χ2v) is 5.29. The Morgan fingerprint density at radius 3 is 2.78 bits per heavy atom. The van der Waals surface area contributed by atoms with Gasteiger partial charge in [0.1, 0.15) is 11.5 Å². The summed E-state index contributed by atoms with van der Waals surface area (Å²) in [6, 6.07) is 1.81. The highest BCUT2D eigenvalue weighted by Crippen LogP contribution is 2.32. The lowest BCUT2D eigenvalue weighted by atomic mass is 9.97. The van der Waals surface area contributed by atoms with Gasteiger partial charge in [-0.25, -0.2) is 0 Å². The van der Waals surface area contributed by atoms with Gasteiger partial charge in [0.25, 0.3) is 0 Å². The second kappa shape index (κ2) is 5.10. The lowest BCUT2D eigenvalue weighted by molar-refractivity contribution is -0.135. The summed E-state index contributed by atoms with van der Waals surface area (Å²) >= 11 is 0. The fourth-order valence-corrected chi connectivity index (χ4v) is 2.45. The Kier molecular flexibility index (Phi) is 3.71. The third kappa shape index (κ3) is 3.10. The molecule has 0 aliphatic heterocycles. The van der Waals surface area contributed by atoms with Crippen molar-refractivity contribution in [2.45, 2.75) is 51.2 Å². The standard InChI is InChI=1S/C13H20N2O3/c1-10-7-11(14-18-10)9-15(2)12(16)8-13(17)5-3-4-6-13/h7,17H,3-6,8-9H2,1-2H3. The van der Waals surface area contributed by atoms with Crippen LogP contribution in [0.2, 0.25) is 0 Å². The van der Waals surface area contributed by atoms with Crippen molar-refractivity contribution < 1.29 is 14.4 Å². The van der Waals surface area contributed by atoms with Gasteiger partial charge >= 0.3 is 0 Å². The van der Waals surface area contributed by atoms with E-state index < -0.39 is 5.60 Å². The molecule has 0 spiro atoms. The molecular weight excluding hydrogens is 232 g/mol. The fraction of sp³-hybridized carbons (Fsp3) is 0.692. The Labute approximate surface area is 107 Å². The summed E-state index contributed by atoms with van der Waals surface area (Å²) in [4.78, 5) is 13.6. The Hall–Kier alpha value is -1.36. The van der Waals surface area contributed by atoms with Crippen molar-refractivity contribution in [3.8, 4) is 0 Å². The van der Waals surface area contributed by atoms with E-state index in [1.165, 1.54) is 0 Å². The van der Waals surface area contributed by atoms with Gasteiger partial charge in [-0.1, -0.05) is 18.0 Å². The minimum absolute atomic E-state index is 0.0416. The maximum Gasteiger partial charge on any atom is 0.225 e. The lowest BCUT2D eigenvalue weighted by Gasteiger charge is -2.24. The van der Waals surface area contributed by atoms with Crippen LogP contribution in [0.3, 0.4) is 0 Å². The van der Waals surface area contributed by atoms with Gasteiger partial charge in [0, 0.05) is 13.1 Å². The van der Waals surface area contributed by atoms with Gasteiger partial charge in [0.2, 0.25) is 5.91 Å². The molecule has 100 valence electrons. The smallest absolute Gasteiger partial charge is 0.225 e. The maximum atomic E-state index is 12.0. The van der Waals surface area contributed by atoms with Crippen molar-refractivity contribution in [2.24, 2.45) is 0 Å². The number of carbonyl (C=O) groups is 1. The average Bonchev–Trinajstić information content (AvgIpc) is 2.88. The molecule has 1 N–H and O–H groups in total. The van der Waals surface area contributed by atoms with Crippen LogP contribution in [0.4, 0.5) is 0 Å². The van der Waals surface area contributed by atoms with Gasteiger partial charge in [-0.15, -0.1) is 0 Å². The molecule has 1 aromatic rings. The van der Waals surface area contributed by atoms with Crippen LogP contribution in [0.25, 0.3) is 0 Å². The summed E-state index contributed by atoms with van der Waals surface area (Å²) in [6.07, 6.45) is 3.69. The number of amides is 1.